The molecule has 39 heavy (non-hydrogen) atoms. The first-order valence-corrected chi connectivity index (χ1v) is 14.7. The first-order valence-electron chi connectivity index (χ1n) is 12.1. The fourth-order valence-electron chi connectivity index (χ4n) is 4.59. The third-order valence-corrected chi connectivity index (χ3v) is 8.94. The predicted octanol–water partition coefficient (Wildman–Crippen LogP) is 4.39. The van der Waals surface area contributed by atoms with Gasteiger partial charge in [-0.25, -0.2) is 22.9 Å². The molecule has 4 heterocycles. The molecule has 0 unspecified atom stereocenters. The van der Waals surface area contributed by atoms with Crippen molar-refractivity contribution in [1.29, 1.82) is 0 Å². The van der Waals surface area contributed by atoms with Crippen LogP contribution in [-0.4, -0.2) is 58.9 Å². The molecule has 1 amide bonds. The Morgan fingerprint density at radius 2 is 1.97 bits per heavy atom. The lowest BCUT2D eigenvalue weighted by Gasteiger charge is -2.19. The number of carbonyl (C=O) groups excluding carboxylic acids is 2. The Labute approximate surface area is 234 Å². The van der Waals surface area contributed by atoms with Gasteiger partial charge in [-0.2, -0.15) is 10.2 Å². The smallest absolute Gasteiger partial charge is 0.331 e. The molecular weight excluding hydrogens is 567 g/mol. The van der Waals surface area contributed by atoms with E-state index in [0.717, 1.165) is 11.6 Å². The molecule has 1 aromatic carbocycles. The standard InChI is InChI=1S/C26H24Cl2N4O6S/c1-16-20(26(28)31(29-16)19-10-12-39(35,36)15-19)8-9-25(34)38-14-24(33)32-22(23-3-2-11-37-23)13-21(30-32)17-4-6-18(27)7-5-17/h2-9,11,19,22H,10,12-15H2,1H3/b9-8+/t19-,22+/m1/s1. The number of halogens is 2. The van der Waals surface area contributed by atoms with Crippen molar-refractivity contribution in [2.24, 2.45) is 5.10 Å². The zero-order chi connectivity index (χ0) is 27.7. The second-order valence-corrected chi connectivity index (χ2v) is 12.3. The van der Waals surface area contributed by atoms with Crippen LogP contribution in [0.25, 0.3) is 6.08 Å². The number of hydrogen-bond donors (Lipinski definition) is 0. The number of aromatic nitrogens is 2. The summed E-state index contributed by atoms with van der Waals surface area (Å²) in [4.78, 5) is 25.5. The Balaban J connectivity index is 1.25. The van der Waals surface area contributed by atoms with E-state index in [2.05, 4.69) is 10.2 Å². The number of benzene rings is 1. The number of carbonyl (C=O) groups is 2. The van der Waals surface area contributed by atoms with E-state index in [-0.39, 0.29) is 22.7 Å². The fraction of sp³-hybridized carbons (Fsp3) is 0.308. The summed E-state index contributed by atoms with van der Waals surface area (Å²) in [6.07, 6.45) is 4.95. The molecule has 0 spiro atoms. The summed E-state index contributed by atoms with van der Waals surface area (Å²) in [6.45, 7) is 1.17. The van der Waals surface area contributed by atoms with E-state index in [4.69, 9.17) is 32.4 Å². The molecular formula is C26H24Cl2N4O6S. The minimum atomic E-state index is -3.12. The summed E-state index contributed by atoms with van der Waals surface area (Å²) >= 11 is 12.4. The number of furan rings is 1. The molecule has 0 radical (unpaired) electrons. The van der Waals surface area contributed by atoms with Gasteiger partial charge in [-0.15, -0.1) is 0 Å². The minimum absolute atomic E-state index is 0.0289. The Hall–Kier alpha value is -3.41. The fourth-order valence-corrected chi connectivity index (χ4v) is 6.78. The molecule has 1 saturated heterocycles. The topological polar surface area (TPSA) is 124 Å². The van der Waals surface area contributed by atoms with Gasteiger partial charge < -0.3 is 9.15 Å². The van der Waals surface area contributed by atoms with Crippen LogP contribution in [0, 0.1) is 6.92 Å². The minimum Gasteiger partial charge on any atom is -0.467 e. The first-order chi connectivity index (χ1) is 18.6. The summed E-state index contributed by atoms with van der Waals surface area (Å²) in [5.74, 6) is -0.669. The summed E-state index contributed by atoms with van der Waals surface area (Å²) < 4.78 is 35.9. The second-order valence-electron chi connectivity index (χ2n) is 9.26. The highest BCUT2D eigenvalue weighted by atomic mass is 35.5. The number of ether oxygens (including phenoxy) is 1. The van der Waals surface area contributed by atoms with Crippen LogP contribution in [0.15, 0.2) is 58.3 Å². The number of aryl methyl sites for hydroxylation is 1. The maximum absolute atomic E-state index is 13.0. The van der Waals surface area contributed by atoms with Gasteiger partial charge in [0, 0.05) is 23.1 Å². The highest BCUT2D eigenvalue weighted by molar-refractivity contribution is 7.91. The van der Waals surface area contributed by atoms with Gasteiger partial charge >= 0.3 is 5.97 Å². The van der Waals surface area contributed by atoms with Gasteiger partial charge in [0.15, 0.2) is 16.4 Å². The Kier molecular flexibility index (Phi) is 7.66. The molecule has 10 nitrogen and oxygen atoms in total. The zero-order valence-electron chi connectivity index (χ0n) is 20.8. The quantitative estimate of drug-likeness (QED) is 0.295. The highest BCUT2D eigenvalue weighted by Crippen LogP contribution is 2.34. The van der Waals surface area contributed by atoms with Crippen molar-refractivity contribution >= 4 is 56.7 Å². The van der Waals surface area contributed by atoms with Crippen LogP contribution in [0.1, 0.15) is 47.5 Å². The molecule has 0 saturated carbocycles. The van der Waals surface area contributed by atoms with Crippen molar-refractivity contribution in [3.8, 4) is 0 Å². The average molecular weight is 591 g/mol. The highest BCUT2D eigenvalue weighted by Gasteiger charge is 2.35. The lowest BCUT2D eigenvalue weighted by molar-refractivity contribution is -0.149. The van der Waals surface area contributed by atoms with Crippen molar-refractivity contribution in [3.63, 3.8) is 0 Å². The molecule has 0 bridgehead atoms. The van der Waals surface area contributed by atoms with E-state index in [1.54, 1.807) is 31.2 Å². The van der Waals surface area contributed by atoms with E-state index in [1.165, 1.54) is 22.0 Å². The van der Waals surface area contributed by atoms with E-state index in [1.807, 2.05) is 12.1 Å². The van der Waals surface area contributed by atoms with Crippen LogP contribution >= 0.6 is 23.2 Å². The molecule has 0 aliphatic carbocycles. The third-order valence-electron chi connectivity index (χ3n) is 6.56. The summed E-state index contributed by atoms with van der Waals surface area (Å²) in [7, 11) is -3.12. The lowest BCUT2D eigenvalue weighted by atomic mass is 10.0. The molecule has 2 aliphatic heterocycles. The van der Waals surface area contributed by atoms with E-state index >= 15 is 0 Å². The average Bonchev–Trinajstić information content (AvgIpc) is 3.69. The predicted molar refractivity (Wildman–Crippen MR) is 145 cm³/mol. The molecule has 2 atom stereocenters. The summed E-state index contributed by atoms with van der Waals surface area (Å²) in [6, 6.07) is 9.77. The van der Waals surface area contributed by atoms with E-state index in [0.29, 0.717) is 40.6 Å². The van der Waals surface area contributed by atoms with Gasteiger partial charge in [0.25, 0.3) is 5.91 Å². The van der Waals surface area contributed by atoms with Crippen LogP contribution in [0.2, 0.25) is 10.2 Å². The molecule has 1 fully saturated rings. The number of rotatable bonds is 7. The summed E-state index contributed by atoms with van der Waals surface area (Å²) in [5.41, 5.74) is 2.49. The molecule has 13 heteroatoms. The van der Waals surface area contributed by atoms with Crippen LogP contribution in [0.5, 0.6) is 0 Å². The molecule has 204 valence electrons. The number of hydrazone groups is 1. The van der Waals surface area contributed by atoms with Crippen molar-refractivity contribution < 1.29 is 27.2 Å². The van der Waals surface area contributed by atoms with Gasteiger partial charge in [-0.1, -0.05) is 35.3 Å². The van der Waals surface area contributed by atoms with Crippen molar-refractivity contribution in [3.05, 3.63) is 81.5 Å². The van der Waals surface area contributed by atoms with Crippen molar-refractivity contribution in [1.82, 2.24) is 14.8 Å². The number of sulfone groups is 1. The van der Waals surface area contributed by atoms with Crippen LogP contribution < -0.4 is 0 Å². The number of hydrogen-bond acceptors (Lipinski definition) is 8. The van der Waals surface area contributed by atoms with Crippen LogP contribution in [-0.2, 0) is 24.2 Å². The Bertz CT molecular complexity index is 1560. The van der Waals surface area contributed by atoms with E-state index < -0.39 is 34.4 Å². The lowest BCUT2D eigenvalue weighted by Crippen LogP contribution is -2.31. The van der Waals surface area contributed by atoms with Crippen LogP contribution in [0.3, 0.4) is 0 Å². The molecule has 0 N–H and O–H groups in total. The second kappa shape index (κ2) is 11.0. The van der Waals surface area contributed by atoms with Gasteiger partial charge in [0.1, 0.15) is 17.0 Å². The Morgan fingerprint density at radius 1 is 1.21 bits per heavy atom. The zero-order valence-corrected chi connectivity index (χ0v) is 23.1. The molecule has 2 aromatic heterocycles. The van der Waals surface area contributed by atoms with Gasteiger partial charge in [-0.05, 0) is 49.2 Å². The van der Waals surface area contributed by atoms with E-state index in [9.17, 15) is 18.0 Å². The maximum Gasteiger partial charge on any atom is 0.331 e. The number of esters is 1. The molecule has 2 aliphatic rings. The maximum atomic E-state index is 13.0. The Morgan fingerprint density at radius 3 is 2.64 bits per heavy atom. The van der Waals surface area contributed by atoms with Gasteiger partial charge in [0.05, 0.1) is 35.2 Å². The normalized spacial score (nSPS) is 20.5. The number of amides is 1. The monoisotopic (exact) mass is 590 g/mol. The van der Waals surface area contributed by atoms with Crippen LogP contribution in [0.4, 0.5) is 0 Å². The summed E-state index contributed by atoms with van der Waals surface area (Å²) in [5, 5.41) is 10.9. The van der Waals surface area contributed by atoms with Gasteiger partial charge in [-0.3, -0.25) is 4.79 Å². The first kappa shape index (κ1) is 27.2. The van der Waals surface area contributed by atoms with Gasteiger partial charge in [0.2, 0.25) is 0 Å². The number of nitrogens with zero attached hydrogens (tertiary/aromatic N) is 4. The molecule has 3 aromatic rings. The van der Waals surface area contributed by atoms with Crippen molar-refractivity contribution in [2.45, 2.75) is 31.8 Å². The third kappa shape index (κ3) is 5.95. The van der Waals surface area contributed by atoms with Crippen molar-refractivity contribution in [2.75, 3.05) is 18.1 Å². The largest absolute Gasteiger partial charge is 0.467 e. The molecule has 5 rings (SSSR count). The SMILES string of the molecule is Cc1nn([C@@H]2CCS(=O)(=O)C2)c(Cl)c1/C=C/C(=O)OCC(=O)N1N=C(c2ccc(Cl)cc2)C[C@H]1c1ccco1.